The lowest BCUT2D eigenvalue weighted by molar-refractivity contribution is -0.133. The second-order valence-corrected chi connectivity index (χ2v) is 5.02. The zero-order valence-corrected chi connectivity index (χ0v) is 13.6. The third kappa shape index (κ3) is 6.60. The summed E-state index contributed by atoms with van der Waals surface area (Å²) >= 11 is 0. The van der Waals surface area contributed by atoms with Crippen molar-refractivity contribution in [2.24, 2.45) is 5.73 Å². The predicted octanol–water partition coefficient (Wildman–Crippen LogP) is 0.881. The van der Waals surface area contributed by atoms with Crippen molar-refractivity contribution in [1.82, 2.24) is 10.2 Å². The Balaban J connectivity index is 0.00000400. The summed E-state index contributed by atoms with van der Waals surface area (Å²) in [6, 6.07) is 8.33. The summed E-state index contributed by atoms with van der Waals surface area (Å²) in [6.07, 6.45) is 0.785. The van der Waals surface area contributed by atoms with E-state index in [0.29, 0.717) is 0 Å². The molecule has 0 radical (unpaired) electrons. The smallest absolute Gasteiger partial charge is 0.241 e. The SMILES string of the molecule is Cc1ccc(CC(C)N(C)C(=O)CNC(=O)CN)cc1.Cl. The van der Waals surface area contributed by atoms with E-state index in [2.05, 4.69) is 29.6 Å². The molecule has 5 nitrogen and oxygen atoms in total. The molecule has 1 atom stereocenters. The van der Waals surface area contributed by atoms with Crippen LogP contribution in [0.1, 0.15) is 18.1 Å². The van der Waals surface area contributed by atoms with Gasteiger partial charge in [0, 0.05) is 13.1 Å². The molecule has 2 amide bonds. The maximum atomic E-state index is 11.9. The van der Waals surface area contributed by atoms with Crippen LogP contribution in [-0.2, 0) is 16.0 Å². The number of rotatable bonds is 6. The van der Waals surface area contributed by atoms with E-state index in [-0.39, 0.29) is 43.4 Å². The lowest BCUT2D eigenvalue weighted by atomic mass is 10.0. The van der Waals surface area contributed by atoms with Gasteiger partial charge in [-0.15, -0.1) is 12.4 Å². The van der Waals surface area contributed by atoms with Gasteiger partial charge in [0.1, 0.15) is 0 Å². The van der Waals surface area contributed by atoms with Crippen LogP contribution in [0.2, 0.25) is 0 Å². The molecule has 0 fully saturated rings. The zero-order chi connectivity index (χ0) is 15.1. The van der Waals surface area contributed by atoms with Crippen LogP contribution in [0.5, 0.6) is 0 Å². The van der Waals surface area contributed by atoms with E-state index in [1.807, 2.05) is 13.8 Å². The normalized spacial score (nSPS) is 11.2. The summed E-state index contributed by atoms with van der Waals surface area (Å²) in [4.78, 5) is 24.6. The first-order valence-corrected chi connectivity index (χ1v) is 6.72. The van der Waals surface area contributed by atoms with E-state index in [0.717, 1.165) is 6.42 Å². The fourth-order valence-electron chi connectivity index (χ4n) is 1.82. The monoisotopic (exact) mass is 313 g/mol. The van der Waals surface area contributed by atoms with Crippen LogP contribution in [0.15, 0.2) is 24.3 Å². The number of amides is 2. The Labute approximate surface area is 132 Å². The minimum absolute atomic E-state index is 0. The van der Waals surface area contributed by atoms with Gasteiger partial charge in [0.25, 0.3) is 0 Å². The summed E-state index contributed by atoms with van der Waals surface area (Å²) in [6.45, 7) is 3.92. The van der Waals surface area contributed by atoms with Gasteiger partial charge in [0.05, 0.1) is 13.1 Å². The lowest BCUT2D eigenvalue weighted by Gasteiger charge is -2.25. The number of carbonyl (C=O) groups is 2. The molecule has 0 heterocycles. The van der Waals surface area contributed by atoms with Crippen LogP contribution in [0.25, 0.3) is 0 Å². The van der Waals surface area contributed by atoms with E-state index >= 15 is 0 Å². The standard InChI is InChI=1S/C15H23N3O2.ClH/c1-11-4-6-13(7-5-11)8-12(2)18(3)15(20)10-17-14(19)9-16;/h4-7,12H,8-10,16H2,1-3H3,(H,17,19);1H. The van der Waals surface area contributed by atoms with Gasteiger partial charge < -0.3 is 16.0 Å². The highest BCUT2D eigenvalue weighted by molar-refractivity contribution is 5.85. The molecule has 0 aliphatic carbocycles. The van der Waals surface area contributed by atoms with Crippen LogP contribution in [0, 0.1) is 6.92 Å². The van der Waals surface area contributed by atoms with Crippen LogP contribution in [0.4, 0.5) is 0 Å². The average Bonchev–Trinajstić information content (AvgIpc) is 2.45. The van der Waals surface area contributed by atoms with Crippen molar-refractivity contribution in [3.8, 4) is 0 Å². The van der Waals surface area contributed by atoms with Gasteiger partial charge in [0.2, 0.25) is 11.8 Å². The fraction of sp³-hybridized carbons (Fsp3) is 0.467. The van der Waals surface area contributed by atoms with E-state index in [1.54, 1.807) is 11.9 Å². The molecule has 1 rings (SSSR count). The lowest BCUT2D eigenvalue weighted by Crippen LogP contribution is -2.44. The van der Waals surface area contributed by atoms with E-state index in [9.17, 15) is 9.59 Å². The summed E-state index contributed by atoms with van der Waals surface area (Å²) in [5.41, 5.74) is 7.58. The molecule has 21 heavy (non-hydrogen) atoms. The summed E-state index contributed by atoms with van der Waals surface area (Å²) in [5, 5.41) is 2.48. The summed E-state index contributed by atoms with van der Waals surface area (Å²) < 4.78 is 0. The highest BCUT2D eigenvalue weighted by Crippen LogP contribution is 2.09. The number of nitrogens with two attached hydrogens (primary N) is 1. The summed E-state index contributed by atoms with van der Waals surface area (Å²) in [5.74, 6) is -0.440. The fourth-order valence-corrected chi connectivity index (χ4v) is 1.82. The first kappa shape index (κ1) is 19.4. The molecule has 0 aliphatic rings. The number of aryl methyl sites for hydroxylation is 1. The Morgan fingerprint density at radius 1 is 1.29 bits per heavy atom. The molecule has 118 valence electrons. The molecule has 0 spiro atoms. The topological polar surface area (TPSA) is 75.4 Å². The number of hydrogen-bond acceptors (Lipinski definition) is 3. The molecule has 3 N–H and O–H groups in total. The molecule has 0 saturated carbocycles. The van der Waals surface area contributed by atoms with Gasteiger partial charge in [-0.25, -0.2) is 0 Å². The molecular formula is C15H24ClN3O2. The number of likely N-dealkylation sites (N-methyl/N-ethyl adjacent to an activating group) is 1. The van der Waals surface area contributed by atoms with Gasteiger partial charge in [-0.3, -0.25) is 9.59 Å². The minimum atomic E-state index is -0.321. The van der Waals surface area contributed by atoms with E-state index in [1.165, 1.54) is 11.1 Å². The van der Waals surface area contributed by atoms with Crippen molar-refractivity contribution in [1.29, 1.82) is 0 Å². The minimum Gasteiger partial charge on any atom is -0.346 e. The van der Waals surface area contributed by atoms with Gasteiger partial charge in [-0.2, -0.15) is 0 Å². The molecule has 6 heteroatoms. The Hall–Kier alpha value is -1.59. The number of nitrogens with zero attached hydrogens (tertiary/aromatic N) is 1. The van der Waals surface area contributed by atoms with Crippen molar-refractivity contribution in [3.05, 3.63) is 35.4 Å². The van der Waals surface area contributed by atoms with Gasteiger partial charge >= 0.3 is 0 Å². The molecule has 0 aromatic heterocycles. The third-order valence-corrected chi connectivity index (χ3v) is 3.33. The molecule has 1 aromatic rings. The van der Waals surface area contributed by atoms with Gasteiger partial charge in [-0.1, -0.05) is 29.8 Å². The van der Waals surface area contributed by atoms with Gasteiger partial charge in [-0.05, 0) is 25.8 Å². The average molecular weight is 314 g/mol. The molecule has 1 unspecified atom stereocenters. The molecule has 1 aromatic carbocycles. The zero-order valence-electron chi connectivity index (χ0n) is 12.8. The highest BCUT2D eigenvalue weighted by Gasteiger charge is 2.16. The van der Waals surface area contributed by atoms with E-state index in [4.69, 9.17) is 5.73 Å². The van der Waals surface area contributed by atoms with Gasteiger partial charge in [0.15, 0.2) is 0 Å². The van der Waals surface area contributed by atoms with Crippen LogP contribution >= 0.6 is 12.4 Å². The maximum Gasteiger partial charge on any atom is 0.241 e. The third-order valence-electron chi connectivity index (χ3n) is 3.33. The first-order chi connectivity index (χ1) is 9.43. The Bertz CT molecular complexity index is 462. The van der Waals surface area contributed by atoms with Crippen molar-refractivity contribution in [2.75, 3.05) is 20.1 Å². The van der Waals surface area contributed by atoms with Crippen molar-refractivity contribution in [2.45, 2.75) is 26.3 Å². The van der Waals surface area contributed by atoms with Crippen molar-refractivity contribution in [3.63, 3.8) is 0 Å². The predicted molar refractivity (Wildman–Crippen MR) is 86.4 cm³/mol. The quantitative estimate of drug-likeness (QED) is 0.818. The Kier molecular flexibility index (Phi) is 8.66. The number of carbonyl (C=O) groups excluding carboxylic acids is 2. The molecule has 0 bridgehead atoms. The first-order valence-electron chi connectivity index (χ1n) is 6.72. The van der Waals surface area contributed by atoms with Crippen LogP contribution < -0.4 is 11.1 Å². The van der Waals surface area contributed by atoms with Crippen molar-refractivity contribution < 1.29 is 9.59 Å². The highest BCUT2D eigenvalue weighted by atomic mass is 35.5. The Morgan fingerprint density at radius 2 is 1.86 bits per heavy atom. The number of nitrogens with one attached hydrogen (secondary N) is 1. The van der Waals surface area contributed by atoms with Crippen LogP contribution in [-0.4, -0.2) is 42.9 Å². The molecular weight excluding hydrogens is 290 g/mol. The summed E-state index contributed by atoms with van der Waals surface area (Å²) in [7, 11) is 1.75. The van der Waals surface area contributed by atoms with E-state index < -0.39 is 0 Å². The molecule has 0 saturated heterocycles. The second kappa shape index (κ2) is 9.37. The number of halogens is 1. The number of hydrogen-bond donors (Lipinski definition) is 2. The van der Waals surface area contributed by atoms with Crippen LogP contribution in [0.3, 0.4) is 0 Å². The van der Waals surface area contributed by atoms with Crippen molar-refractivity contribution >= 4 is 24.2 Å². The maximum absolute atomic E-state index is 11.9. The molecule has 0 aliphatic heterocycles. The second-order valence-electron chi connectivity index (χ2n) is 5.02. The number of benzene rings is 1. The Morgan fingerprint density at radius 3 is 2.38 bits per heavy atom. The largest absolute Gasteiger partial charge is 0.346 e.